The van der Waals surface area contributed by atoms with E-state index >= 15 is 0 Å². The number of hydrogen-bond acceptors (Lipinski definition) is 6. The van der Waals surface area contributed by atoms with E-state index in [9.17, 15) is 19.4 Å². The van der Waals surface area contributed by atoms with Crippen molar-refractivity contribution in [2.24, 2.45) is 0 Å². The van der Waals surface area contributed by atoms with Crippen LogP contribution in [0.3, 0.4) is 0 Å². The van der Waals surface area contributed by atoms with Crippen LogP contribution in [-0.4, -0.2) is 68.5 Å². The first-order chi connectivity index (χ1) is 34.5. The number of aliphatic hydroxyl groups excluding tert-OH is 1. The summed E-state index contributed by atoms with van der Waals surface area (Å²) in [4.78, 5) is 25.5. The number of allylic oxidation sites excluding steroid dienone is 11. The van der Waals surface area contributed by atoms with Crippen molar-refractivity contribution in [3.05, 3.63) is 72.9 Å². The predicted octanol–water partition coefficient (Wildman–Crippen LogP) is 17.6. The molecule has 0 saturated carbocycles. The van der Waals surface area contributed by atoms with Crippen molar-refractivity contribution in [1.82, 2.24) is 5.32 Å². The minimum absolute atomic E-state index is 0.0124. The number of nitrogens with zero attached hydrogens (tertiary/aromatic N) is 1. The first-order valence-corrected chi connectivity index (χ1v) is 31.3. The highest BCUT2D eigenvalue weighted by atomic mass is 31.2. The van der Waals surface area contributed by atoms with Crippen LogP contribution in [-0.2, 0) is 18.4 Å². The summed E-state index contributed by atoms with van der Waals surface area (Å²) in [7, 11) is 1.23. The number of hydrogen-bond donors (Lipinski definition) is 2. The van der Waals surface area contributed by atoms with Gasteiger partial charge in [-0.25, -0.2) is 0 Å². The molecule has 0 aromatic carbocycles. The molecular weight excluding hydrogens is 900 g/mol. The zero-order valence-corrected chi connectivity index (χ0v) is 48.1. The van der Waals surface area contributed by atoms with E-state index in [2.05, 4.69) is 79.9 Å². The summed E-state index contributed by atoms with van der Waals surface area (Å²) in [6, 6.07) is -0.917. The van der Waals surface area contributed by atoms with Crippen molar-refractivity contribution < 1.29 is 32.9 Å². The molecule has 71 heavy (non-hydrogen) atoms. The van der Waals surface area contributed by atoms with Crippen LogP contribution in [0.1, 0.15) is 264 Å². The van der Waals surface area contributed by atoms with E-state index in [0.29, 0.717) is 17.4 Å². The van der Waals surface area contributed by atoms with Crippen LogP contribution >= 0.6 is 7.82 Å². The van der Waals surface area contributed by atoms with Crippen LogP contribution in [0.15, 0.2) is 72.9 Å². The van der Waals surface area contributed by atoms with Crippen molar-refractivity contribution in [3.8, 4) is 0 Å². The molecule has 0 rings (SSSR count). The Balaban J connectivity index is 4.29. The van der Waals surface area contributed by atoms with E-state index in [-0.39, 0.29) is 12.5 Å². The van der Waals surface area contributed by atoms with Gasteiger partial charge in [0.25, 0.3) is 7.82 Å². The molecular formula is C62H115N2O6P. The topological polar surface area (TPSA) is 108 Å². The standard InChI is InChI=1S/C62H115N2O6P/c1-6-8-10-12-14-16-18-20-22-24-26-28-30-32-34-36-38-40-42-44-46-48-50-52-54-56-62(66)63-60(59-70-71(67,68)69-58-57-64(3,4)5)61(65)55-53-51-49-47-45-43-41-39-37-35-33-31-29-27-25-23-21-19-17-15-13-11-9-7-2/h18,20,24,26,30,32,37,39,45,47,53,55,60-61,65H,6-17,19,21-23,25,27-29,31,33-36,38,40-44,46,48-52,54,56-59H2,1-5H3,(H-,63,66,67,68)/b20-18-,26-24-,32-30-,39-37+,47-45+,55-53+. The number of quaternary nitrogens is 1. The monoisotopic (exact) mass is 1010 g/mol. The Morgan fingerprint density at radius 2 is 0.831 bits per heavy atom. The van der Waals surface area contributed by atoms with E-state index in [1.165, 1.54) is 186 Å². The van der Waals surface area contributed by atoms with Crippen LogP contribution in [0.2, 0.25) is 0 Å². The molecule has 0 bridgehead atoms. The van der Waals surface area contributed by atoms with Crippen LogP contribution < -0.4 is 10.2 Å². The maximum absolute atomic E-state index is 13.0. The number of nitrogens with one attached hydrogen (secondary N) is 1. The Kier molecular flexibility index (Phi) is 51.3. The summed E-state index contributed by atoms with van der Waals surface area (Å²) in [5, 5.41) is 13.9. The molecule has 3 atom stereocenters. The van der Waals surface area contributed by atoms with E-state index in [1.807, 2.05) is 27.2 Å². The van der Waals surface area contributed by atoms with Gasteiger partial charge in [-0.15, -0.1) is 0 Å². The van der Waals surface area contributed by atoms with Gasteiger partial charge in [-0.3, -0.25) is 9.36 Å². The fraction of sp³-hybridized carbons (Fsp3) is 0.790. The molecule has 0 aromatic rings. The number of phosphoric acid groups is 1. The summed E-state index contributed by atoms with van der Waals surface area (Å²) in [6.45, 7) is 4.62. The third kappa shape index (κ3) is 55.5. The fourth-order valence-corrected chi connectivity index (χ4v) is 9.15. The molecule has 8 nitrogen and oxygen atoms in total. The van der Waals surface area contributed by atoms with E-state index < -0.39 is 26.6 Å². The summed E-state index contributed by atoms with van der Waals surface area (Å²) >= 11 is 0. The van der Waals surface area contributed by atoms with Gasteiger partial charge in [0, 0.05) is 6.42 Å². The van der Waals surface area contributed by atoms with Crippen LogP contribution in [0, 0.1) is 0 Å². The lowest BCUT2D eigenvalue weighted by Crippen LogP contribution is -2.45. The Morgan fingerprint density at radius 3 is 1.24 bits per heavy atom. The van der Waals surface area contributed by atoms with Gasteiger partial charge < -0.3 is 28.8 Å². The third-order valence-electron chi connectivity index (χ3n) is 13.1. The Morgan fingerprint density at radius 1 is 0.493 bits per heavy atom. The second-order valence-corrected chi connectivity index (χ2v) is 22.7. The molecule has 0 aromatic heterocycles. The molecule has 9 heteroatoms. The van der Waals surface area contributed by atoms with Crippen molar-refractivity contribution >= 4 is 13.7 Å². The van der Waals surface area contributed by atoms with Gasteiger partial charge in [0.1, 0.15) is 13.2 Å². The maximum atomic E-state index is 13.0. The quantitative estimate of drug-likeness (QED) is 0.0272. The number of amides is 1. The first-order valence-electron chi connectivity index (χ1n) is 29.8. The normalized spacial score (nSPS) is 14.4. The molecule has 0 radical (unpaired) electrons. The fourth-order valence-electron chi connectivity index (χ4n) is 8.43. The number of unbranched alkanes of at least 4 members (excludes halogenated alkanes) is 31. The molecule has 2 N–H and O–H groups in total. The maximum Gasteiger partial charge on any atom is 0.268 e. The SMILES string of the molecule is CCCCCCC/C=C\C/C=C\C/C=C\CCCCCCCCCCCCC(=O)NC(COP(=O)([O-])OCC[N+](C)(C)C)C(O)/C=C/CC/C=C/CC/C=C/CCCCCCCCCCCCCCCC. The zero-order chi connectivity index (χ0) is 52.0. The molecule has 1 amide bonds. The molecule has 0 saturated heterocycles. The second-order valence-electron chi connectivity index (χ2n) is 21.3. The third-order valence-corrected chi connectivity index (χ3v) is 14.1. The summed E-state index contributed by atoms with van der Waals surface area (Å²) in [6.07, 6.45) is 72.7. The molecule has 0 heterocycles. The largest absolute Gasteiger partial charge is 0.756 e. The number of carbonyl (C=O) groups is 1. The van der Waals surface area contributed by atoms with Gasteiger partial charge >= 0.3 is 0 Å². The highest BCUT2D eigenvalue weighted by Gasteiger charge is 2.23. The average molecular weight is 1020 g/mol. The number of carbonyl (C=O) groups excluding carboxylic acids is 1. The minimum Gasteiger partial charge on any atom is -0.756 e. The first kappa shape index (κ1) is 68.9. The second kappa shape index (κ2) is 52.8. The van der Waals surface area contributed by atoms with Crippen LogP contribution in [0.4, 0.5) is 0 Å². The van der Waals surface area contributed by atoms with Crippen molar-refractivity contribution in [2.75, 3.05) is 40.9 Å². The van der Waals surface area contributed by atoms with E-state index in [0.717, 1.165) is 57.8 Å². The number of phosphoric ester groups is 1. The Bertz CT molecular complexity index is 1380. The lowest BCUT2D eigenvalue weighted by Gasteiger charge is -2.29. The van der Waals surface area contributed by atoms with Gasteiger partial charge in [0.05, 0.1) is 39.9 Å². The molecule has 414 valence electrons. The van der Waals surface area contributed by atoms with Gasteiger partial charge in [-0.05, 0) is 83.5 Å². The molecule has 0 aliphatic heterocycles. The van der Waals surface area contributed by atoms with Crippen LogP contribution in [0.5, 0.6) is 0 Å². The lowest BCUT2D eigenvalue weighted by molar-refractivity contribution is -0.870. The average Bonchev–Trinajstić information content (AvgIpc) is 3.33. The van der Waals surface area contributed by atoms with Gasteiger partial charge in [0.2, 0.25) is 5.91 Å². The highest BCUT2D eigenvalue weighted by molar-refractivity contribution is 7.45. The zero-order valence-electron chi connectivity index (χ0n) is 47.2. The Hall–Kier alpha value is -2.06. The smallest absolute Gasteiger partial charge is 0.268 e. The number of likely N-dealkylation sites (N-methyl/N-ethyl adjacent to an activating group) is 1. The van der Waals surface area contributed by atoms with Crippen molar-refractivity contribution in [2.45, 2.75) is 276 Å². The Labute approximate surface area is 440 Å². The van der Waals surface area contributed by atoms with Gasteiger partial charge in [0.15, 0.2) is 0 Å². The summed E-state index contributed by atoms with van der Waals surface area (Å²) in [5.41, 5.74) is 0. The molecule has 0 aliphatic carbocycles. The molecule has 3 unspecified atom stereocenters. The number of aliphatic hydroxyl groups is 1. The lowest BCUT2D eigenvalue weighted by atomic mass is 10.0. The van der Waals surface area contributed by atoms with Crippen molar-refractivity contribution in [1.29, 1.82) is 0 Å². The van der Waals surface area contributed by atoms with Crippen molar-refractivity contribution in [3.63, 3.8) is 0 Å². The molecule has 0 spiro atoms. The summed E-state index contributed by atoms with van der Waals surface area (Å²) in [5.74, 6) is -0.216. The highest BCUT2D eigenvalue weighted by Crippen LogP contribution is 2.38. The summed E-state index contributed by atoms with van der Waals surface area (Å²) < 4.78 is 23.3. The van der Waals surface area contributed by atoms with Gasteiger partial charge in [-0.1, -0.05) is 247 Å². The molecule has 0 aliphatic rings. The predicted molar refractivity (Wildman–Crippen MR) is 307 cm³/mol. The number of rotatable bonds is 54. The van der Waals surface area contributed by atoms with Gasteiger partial charge in [-0.2, -0.15) is 0 Å². The molecule has 0 fully saturated rings. The van der Waals surface area contributed by atoms with E-state index in [4.69, 9.17) is 9.05 Å². The minimum atomic E-state index is -4.62. The van der Waals surface area contributed by atoms with Crippen LogP contribution in [0.25, 0.3) is 0 Å². The van der Waals surface area contributed by atoms with E-state index in [1.54, 1.807) is 6.08 Å².